The summed E-state index contributed by atoms with van der Waals surface area (Å²) in [4.78, 5) is 23.1. The molecule has 0 atom stereocenters. The molecule has 3 heterocycles. The molecule has 162 valence electrons. The highest BCUT2D eigenvalue weighted by Gasteiger charge is 2.16. The molecule has 3 aromatic rings. The highest BCUT2D eigenvalue weighted by Crippen LogP contribution is 2.18. The van der Waals surface area contributed by atoms with Crippen LogP contribution in [0.4, 0.5) is 5.82 Å². The number of carbonyl (C=O) groups excluding carboxylic acids is 1. The molecule has 4 rings (SSSR count). The first-order valence-corrected chi connectivity index (χ1v) is 11.5. The number of benzene rings is 1. The Morgan fingerprint density at radius 2 is 2.00 bits per heavy atom. The maximum atomic E-state index is 12.6. The maximum Gasteiger partial charge on any atom is 0.251 e. The summed E-state index contributed by atoms with van der Waals surface area (Å²) in [6.45, 7) is 8.40. The van der Waals surface area contributed by atoms with Crippen molar-refractivity contribution in [1.29, 1.82) is 0 Å². The lowest BCUT2D eigenvalue weighted by molar-refractivity contribution is 0.0950. The van der Waals surface area contributed by atoms with Crippen molar-refractivity contribution in [3.05, 3.63) is 76.1 Å². The van der Waals surface area contributed by atoms with E-state index < -0.39 is 0 Å². The van der Waals surface area contributed by atoms with Gasteiger partial charge in [-0.3, -0.25) is 4.79 Å². The Bertz CT molecular complexity index is 968. The molecular formula is C24H28N4O2S. The van der Waals surface area contributed by atoms with Crippen LogP contribution in [0.3, 0.4) is 0 Å². The Balaban J connectivity index is 1.28. The second-order valence-corrected chi connectivity index (χ2v) is 8.56. The van der Waals surface area contributed by atoms with Crippen molar-refractivity contribution in [1.82, 2.24) is 15.2 Å². The second-order valence-electron chi connectivity index (χ2n) is 7.52. The molecule has 0 saturated carbocycles. The van der Waals surface area contributed by atoms with Crippen LogP contribution in [0.25, 0.3) is 0 Å². The van der Waals surface area contributed by atoms with Crippen LogP contribution in [-0.2, 0) is 13.2 Å². The van der Waals surface area contributed by atoms with Crippen LogP contribution in [0, 0.1) is 0 Å². The maximum absolute atomic E-state index is 12.6. The van der Waals surface area contributed by atoms with E-state index in [1.165, 1.54) is 0 Å². The molecule has 1 saturated heterocycles. The van der Waals surface area contributed by atoms with Crippen molar-refractivity contribution >= 4 is 23.1 Å². The molecule has 0 bridgehead atoms. The van der Waals surface area contributed by atoms with Crippen molar-refractivity contribution in [3.63, 3.8) is 0 Å². The number of hydrogen-bond acceptors (Lipinski definition) is 6. The summed E-state index contributed by atoms with van der Waals surface area (Å²) in [6, 6.07) is 15.4. The molecule has 1 fully saturated rings. The number of carbonyl (C=O) groups is 1. The molecule has 6 nitrogen and oxygen atoms in total. The molecule has 1 aliphatic heterocycles. The Morgan fingerprint density at radius 3 is 2.71 bits per heavy atom. The SMILES string of the molecule is CCN1CCN(c2ccc(CNC(=O)c3cccc(OCc4cccs4)c3)cn2)CC1. The molecule has 0 radical (unpaired) electrons. The van der Waals surface area contributed by atoms with Crippen LogP contribution < -0.4 is 15.0 Å². The molecule has 0 aliphatic carbocycles. The van der Waals surface area contributed by atoms with Gasteiger partial charge in [-0.25, -0.2) is 4.98 Å². The summed E-state index contributed by atoms with van der Waals surface area (Å²) < 4.78 is 5.80. The van der Waals surface area contributed by atoms with E-state index in [9.17, 15) is 4.79 Å². The summed E-state index contributed by atoms with van der Waals surface area (Å²) >= 11 is 1.65. The zero-order valence-electron chi connectivity index (χ0n) is 17.8. The van der Waals surface area contributed by atoms with Crippen molar-refractivity contribution in [2.75, 3.05) is 37.6 Å². The molecule has 7 heteroatoms. The minimum atomic E-state index is -0.124. The standard InChI is InChI=1S/C24H28N4O2S/c1-2-27-10-12-28(13-11-27)23-9-8-19(16-25-23)17-26-24(29)20-5-3-6-21(15-20)30-18-22-7-4-14-31-22/h3-9,14-16H,2,10-13,17-18H2,1H3,(H,26,29). The zero-order valence-corrected chi connectivity index (χ0v) is 18.6. The molecule has 31 heavy (non-hydrogen) atoms. The monoisotopic (exact) mass is 436 g/mol. The quantitative estimate of drug-likeness (QED) is 0.582. The van der Waals surface area contributed by atoms with Crippen molar-refractivity contribution in [3.8, 4) is 5.75 Å². The average molecular weight is 437 g/mol. The van der Waals surface area contributed by atoms with Crippen molar-refractivity contribution in [2.24, 2.45) is 0 Å². The number of ether oxygens (including phenoxy) is 1. The number of nitrogens with one attached hydrogen (secondary N) is 1. The minimum absolute atomic E-state index is 0.124. The summed E-state index contributed by atoms with van der Waals surface area (Å²) in [5.74, 6) is 1.57. The van der Waals surface area contributed by atoms with Gasteiger partial charge in [0.05, 0.1) is 0 Å². The van der Waals surface area contributed by atoms with Crippen LogP contribution in [0.15, 0.2) is 60.1 Å². The van der Waals surface area contributed by atoms with E-state index in [2.05, 4.69) is 27.0 Å². The molecular weight excluding hydrogens is 408 g/mol. The number of amides is 1. The highest BCUT2D eigenvalue weighted by molar-refractivity contribution is 7.09. The largest absolute Gasteiger partial charge is 0.488 e. The fraction of sp³-hybridized carbons (Fsp3) is 0.333. The van der Waals surface area contributed by atoms with Crippen LogP contribution >= 0.6 is 11.3 Å². The lowest BCUT2D eigenvalue weighted by Crippen LogP contribution is -2.46. The summed E-state index contributed by atoms with van der Waals surface area (Å²) in [7, 11) is 0. The summed E-state index contributed by atoms with van der Waals surface area (Å²) in [6.07, 6.45) is 1.85. The second kappa shape index (κ2) is 10.4. The highest BCUT2D eigenvalue weighted by atomic mass is 32.1. The van der Waals surface area contributed by atoms with Gasteiger partial charge < -0.3 is 19.9 Å². The molecule has 0 spiro atoms. The minimum Gasteiger partial charge on any atom is -0.488 e. The summed E-state index contributed by atoms with van der Waals surface area (Å²) in [5, 5.41) is 5.00. The molecule has 2 aromatic heterocycles. The number of hydrogen-bond donors (Lipinski definition) is 1. The van der Waals surface area contributed by atoms with Crippen LogP contribution in [0.5, 0.6) is 5.75 Å². The fourth-order valence-electron chi connectivity index (χ4n) is 3.56. The first-order chi connectivity index (χ1) is 15.2. The smallest absolute Gasteiger partial charge is 0.251 e. The molecule has 1 aromatic carbocycles. The van der Waals surface area contributed by atoms with Crippen LogP contribution in [0.1, 0.15) is 27.7 Å². The average Bonchev–Trinajstić information content (AvgIpc) is 3.36. The zero-order chi connectivity index (χ0) is 21.5. The van der Waals surface area contributed by atoms with E-state index in [1.54, 1.807) is 23.5 Å². The number of piperazine rings is 1. The fourth-order valence-corrected chi connectivity index (χ4v) is 4.18. The lowest BCUT2D eigenvalue weighted by atomic mass is 10.2. The van der Waals surface area contributed by atoms with Gasteiger partial charge >= 0.3 is 0 Å². The Hall–Kier alpha value is -2.90. The van der Waals surface area contributed by atoms with Gasteiger partial charge in [0.2, 0.25) is 0 Å². The summed E-state index contributed by atoms with van der Waals surface area (Å²) in [5.41, 5.74) is 1.57. The Morgan fingerprint density at radius 1 is 1.13 bits per heavy atom. The molecule has 1 aliphatic rings. The number of thiophene rings is 1. The first kappa shape index (κ1) is 21.3. The van der Waals surface area contributed by atoms with E-state index in [1.807, 2.05) is 48.0 Å². The van der Waals surface area contributed by atoms with Gasteiger partial charge in [-0.1, -0.05) is 25.1 Å². The van der Waals surface area contributed by atoms with Gasteiger partial charge in [0.1, 0.15) is 18.2 Å². The lowest BCUT2D eigenvalue weighted by Gasteiger charge is -2.34. The van der Waals surface area contributed by atoms with Gasteiger partial charge in [-0.15, -0.1) is 11.3 Å². The van der Waals surface area contributed by atoms with Gasteiger partial charge in [0, 0.05) is 49.4 Å². The van der Waals surface area contributed by atoms with Gasteiger partial charge in [0.15, 0.2) is 0 Å². The van der Waals surface area contributed by atoms with E-state index in [-0.39, 0.29) is 5.91 Å². The third-order valence-electron chi connectivity index (χ3n) is 5.46. The van der Waals surface area contributed by atoms with E-state index in [0.29, 0.717) is 24.5 Å². The van der Waals surface area contributed by atoms with Crippen LogP contribution in [-0.4, -0.2) is 48.5 Å². The third kappa shape index (κ3) is 5.83. The molecule has 1 amide bonds. The third-order valence-corrected chi connectivity index (χ3v) is 6.31. The number of nitrogens with zero attached hydrogens (tertiary/aromatic N) is 3. The first-order valence-electron chi connectivity index (χ1n) is 10.7. The normalized spacial score (nSPS) is 14.4. The number of pyridine rings is 1. The van der Waals surface area contributed by atoms with E-state index >= 15 is 0 Å². The number of likely N-dealkylation sites (N-methyl/N-ethyl adjacent to an activating group) is 1. The molecule has 0 unspecified atom stereocenters. The Kier molecular flexibility index (Phi) is 7.17. The number of rotatable bonds is 8. The number of aromatic nitrogens is 1. The molecule has 1 N–H and O–H groups in total. The number of anilines is 1. The van der Waals surface area contributed by atoms with Gasteiger partial charge in [-0.2, -0.15) is 0 Å². The Labute approximate surface area is 187 Å². The predicted octanol–water partition coefficient (Wildman–Crippen LogP) is 3.79. The topological polar surface area (TPSA) is 57.7 Å². The van der Waals surface area contributed by atoms with Crippen molar-refractivity contribution < 1.29 is 9.53 Å². The van der Waals surface area contributed by atoms with Crippen LogP contribution in [0.2, 0.25) is 0 Å². The van der Waals surface area contributed by atoms with E-state index in [0.717, 1.165) is 49.0 Å². The predicted molar refractivity (Wildman–Crippen MR) is 125 cm³/mol. The van der Waals surface area contributed by atoms with Crippen molar-refractivity contribution in [2.45, 2.75) is 20.1 Å². The van der Waals surface area contributed by atoms with Gasteiger partial charge in [-0.05, 0) is 47.8 Å². The van der Waals surface area contributed by atoms with E-state index in [4.69, 9.17) is 4.74 Å². The van der Waals surface area contributed by atoms with Gasteiger partial charge in [0.25, 0.3) is 5.91 Å².